The molecule has 7 nitrogen and oxygen atoms in total. The number of benzene rings is 1. The quantitative estimate of drug-likeness (QED) is 0.493. The number of amides is 1. The van der Waals surface area contributed by atoms with Crippen molar-refractivity contribution in [1.82, 2.24) is 14.9 Å². The fraction of sp³-hybridized carbons (Fsp3) is 0.370. The number of nitrogens with one attached hydrogen (secondary N) is 1. The summed E-state index contributed by atoms with van der Waals surface area (Å²) in [5.41, 5.74) is 1.32. The minimum absolute atomic E-state index is 0.0741. The molecule has 0 spiro atoms. The molecule has 0 aliphatic carbocycles. The van der Waals surface area contributed by atoms with E-state index < -0.39 is 34.8 Å². The van der Waals surface area contributed by atoms with Crippen molar-refractivity contribution in [3.8, 4) is 22.6 Å². The zero-order valence-corrected chi connectivity index (χ0v) is 20.5. The van der Waals surface area contributed by atoms with Gasteiger partial charge in [0.05, 0.1) is 19.0 Å². The molecule has 0 radical (unpaired) electrons. The SMILES string of the molecule is CCCCc1[nH]c(=O)c(C(=O)N2CCC(c3ncc(F)cc3F)C2)c(O)c1-c1c(C)cccc1OC. The van der Waals surface area contributed by atoms with Crippen LogP contribution in [0.3, 0.4) is 0 Å². The number of unbranched alkanes of at least 4 members (excludes halogenated alkanes) is 1. The van der Waals surface area contributed by atoms with E-state index in [-0.39, 0.29) is 24.3 Å². The summed E-state index contributed by atoms with van der Waals surface area (Å²) in [6.07, 6.45) is 3.48. The predicted molar refractivity (Wildman–Crippen MR) is 131 cm³/mol. The zero-order valence-electron chi connectivity index (χ0n) is 20.5. The van der Waals surface area contributed by atoms with Gasteiger partial charge in [-0.3, -0.25) is 14.6 Å². The lowest BCUT2D eigenvalue weighted by Crippen LogP contribution is -2.34. The largest absolute Gasteiger partial charge is 0.506 e. The number of ether oxygens (including phenoxy) is 1. The van der Waals surface area contributed by atoms with Crippen LogP contribution in [0, 0.1) is 18.6 Å². The molecule has 9 heteroatoms. The number of aromatic nitrogens is 2. The van der Waals surface area contributed by atoms with Crippen LogP contribution in [0.15, 0.2) is 35.3 Å². The highest BCUT2D eigenvalue weighted by Gasteiger charge is 2.34. The standard InChI is InChI=1S/C27H29F2N3O4/c1-4-5-8-19-22(21-15(2)7-6-9-20(21)36-3)25(33)23(26(34)31-19)27(35)32-11-10-16(14-32)24-18(29)12-17(28)13-30-24/h6-7,9,12-13,16H,4-5,8,10-11,14H2,1-3H3,(H2,31,33,34). The number of halogens is 2. The molecule has 1 atom stereocenters. The van der Waals surface area contributed by atoms with E-state index in [4.69, 9.17) is 4.74 Å². The summed E-state index contributed by atoms with van der Waals surface area (Å²) in [5.74, 6) is -2.56. The van der Waals surface area contributed by atoms with Gasteiger partial charge >= 0.3 is 0 Å². The summed E-state index contributed by atoms with van der Waals surface area (Å²) in [6.45, 7) is 4.21. The van der Waals surface area contributed by atoms with Gasteiger partial charge in [0.2, 0.25) is 0 Å². The van der Waals surface area contributed by atoms with E-state index in [9.17, 15) is 23.5 Å². The molecule has 1 saturated heterocycles. The average Bonchev–Trinajstić information content (AvgIpc) is 3.33. The van der Waals surface area contributed by atoms with E-state index in [1.165, 1.54) is 12.0 Å². The normalized spacial score (nSPS) is 15.4. The Morgan fingerprint density at radius 3 is 2.78 bits per heavy atom. The Kier molecular flexibility index (Phi) is 7.37. The molecular formula is C27H29F2N3O4. The third-order valence-corrected chi connectivity index (χ3v) is 6.66. The maximum Gasteiger partial charge on any atom is 0.264 e. The lowest BCUT2D eigenvalue weighted by atomic mass is 9.93. The first-order valence-corrected chi connectivity index (χ1v) is 12.0. The van der Waals surface area contributed by atoms with Crippen LogP contribution in [0.4, 0.5) is 8.78 Å². The third-order valence-electron chi connectivity index (χ3n) is 6.66. The molecule has 1 fully saturated rings. The smallest absolute Gasteiger partial charge is 0.264 e. The number of likely N-dealkylation sites (tertiary alicyclic amines) is 1. The Morgan fingerprint density at radius 2 is 2.08 bits per heavy atom. The van der Waals surface area contributed by atoms with Crippen molar-refractivity contribution in [3.05, 3.63) is 75.0 Å². The molecule has 1 aliphatic heterocycles. The third kappa shape index (κ3) is 4.69. The van der Waals surface area contributed by atoms with E-state index in [0.717, 1.165) is 30.7 Å². The fourth-order valence-electron chi connectivity index (χ4n) is 4.83. The van der Waals surface area contributed by atoms with Gasteiger partial charge in [-0.1, -0.05) is 25.5 Å². The maximum absolute atomic E-state index is 14.3. The number of hydrogen-bond donors (Lipinski definition) is 2. The summed E-state index contributed by atoms with van der Waals surface area (Å²) < 4.78 is 33.1. The fourth-order valence-corrected chi connectivity index (χ4v) is 4.83. The van der Waals surface area contributed by atoms with Crippen LogP contribution in [-0.4, -0.2) is 46.1 Å². The summed E-state index contributed by atoms with van der Waals surface area (Å²) >= 11 is 0. The lowest BCUT2D eigenvalue weighted by molar-refractivity contribution is 0.0785. The van der Waals surface area contributed by atoms with E-state index in [1.54, 1.807) is 6.07 Å². The van der Waals surface area contributed by atoms with Gasteiger partial charge in [-0.15, -0.1) is 0 Å². The number of pyridine rings is 2. The molecule has 4 rings (SSSR count). The van der Waals surface area contributed by atoms with Crippen LogP contribution in [0.5, 0.6) is 11.5 Å². The van der Waals surface area contributed by atoms with Crippen LogP contribution in [0.1, 0.15) is 59.4 Å². The highest BCUT2D eigenvalue weighted by atomic mass is 19.1. The van der Waals surface area contributed by atoms with Gasteiger partial charge in [-0.2, -0.15) is 0 Å². The summed E-state index contributed by atoms with van der Waals surface area (Å²) in [5, 5.41) is 11.4. The Balaban J connectivity index is 1.76. The highest BCUT2D eigenvalue weighted by Crippen LogP contribution is 2.42. The summed E-state index contributed by atoms with van der Waals surface area (Å²) in [7, 11) is 1.52. The number of aromatic amines is 1. The monoisotopic (exact) mass is 497 g/mol. The summed E-state index contributed by atoms with van der Waals surface area (Å²) in [4.78, 5) is 34.7. The van der Waals surface area contributed by atoms with Gasteiger partial charge in [-0.25, -0.2) is 8.78 Å². The second-order valence-electron chi connectivity index (χ2n) is 9.04. The molecule has 1 aliphatic rings. The van der Waals surface area contributed by atoms with Gasteiger partial charge in [0.1, 0.15) is 28.7 Å². The predicted octanol–water partition coefficient (Wildman–Crippen LogP) is 4.71. The number of carbonyl (C=O) groups excluding carboxylic acids is 1. The van der Waals surface area contributed by atoms with Crippen molar-refractivity contribution < 1.29 is 23.4 Å². The number of carbonyl (C=O) groups is 1. The highest BCUT2D eigenvalue weighted by molar-refractivity contribution is 6.00. The Morgan fingerprint density at radius 1 is 1.31 bits per heavy atom. The first kappa shape index (κ1) is 25.3. The topological polar surface area (TPSA) is 95.5 Å². The number of aromatic hydroxyl groups is 1. The molecule has 1 unspecified atom stereocenters. The second kappa shape index (κ2) is 10.5. The average molecular weight is 498 g/mol. The van der Waals surface area contributed by atoms with Gasteiger partial charge in [0.15, 0.2) is 0 Å². The first-order chi connectivity index (χ1) is 17.3. The van der Waals surface area contributed by atoms with Crippen molar-refractivity contribution >= 4 is 5.91 Å². The van der Waals surface area contributed by atoms with Crippen molar-refractivity contribution in [3.63, 3.8) is 0 Å². The molecule has 1 amide bonds. The molecule has 0 saturated carbocycles. The first-order valence-electron chi connectivity index (χ1n) is 12.0. The van der Waals surface area contributed by atoms with Gasteiger partial charge in [0.25, 0.3) is 11.5 Å². The molecular weight excluding hydrogens is 468 g/mol. The molecule has 1 aromatic carbocycles. The second-order valence-corrected chi connectivity index (χ2v) is 9.04. The van der Waals surface area contributed by atoms with Gasteiger partial charge < -0.3 is 19.7 Å². The minimum atomic E-state index is -0.777. The molecule has 2 N–H and O–H groups in total. The molecule has 2 aromatic heterocycles. The van der Waals surface area contributed by atoms with Crippen molar-refractivity contribution in [2.45, 2.75) is 45.4 Å². The van der Waals surface area contributed by atoms with E-state index in [2.05, 4.69) is 9.97 Å². The maximum atomic E-state index is 14.3. The van der Waals surface area contributed by atoms with E-state index >= 15 is 0 Å². The van der Waals surface area contributed by atoms with Crippen LogP contribution >= 0.6 is 0 Å². The number of rotatable bonds is 7. The Bertz CT molecular complexity index is 1360. The number of methoxy groups -OCH3 is 1. The van der Waals surface area contributed by atoms with Crippen LogP contribution in [0.2, 0.25) is 0 Å². The van der Waals surface area contributed by atoms with E-state index in [1.807, 2.05) is 26.0 Å². The van der Waals surface area contributed by atoms with Gasteiger partial charge in [0, 0.05) is 41.9 Å². The zero-order chi connectivity index (χ0) is 26.0. The Hall–Kier alpha value is -3.75. The van der Waals surface area contributed by atoms with Crippen LogP contribution in [-0.2, 0) is 6.42 Å². The number of hydrogen-bond acceptors (Lipinski definition) is 5. The molecule has 36 heavy (non-hydrogen) atoms. The number of nitrogens with zero attached hydrogens (tertiary/aromatic N) is 2. The van der Waals surface area contributed by atoms with Crippen molar-refractivity contribution in [2.75, 3.05) is 20.2 Å². The molecule has 0 bridgehead atoms. The van der Waals surface area contributed by atoms with E-state index in [0.29, 0.717) is 35.4 Å². The lowest BCUT2D eigenvalue weighted by Gasteiger charge is -2.21. The molecule has 3 aromatic rings. The van der Waals surface area contributed by atoms with Gasteiger partial charge in [-0.05, 0) is 37.8 Å². The number of H-pyrrole nitrogens is 1. The number of aryl methyl sites for hydroxylation is 2. The molecule has 3 heterocycles. The van der Waals surface area contributed by atoms with Crippen LogP contribution in [0.25, 0.3) is 11.1 Å². The Labute approximate surface area is 207 Å². The summed E-state index contributed by atoms with van der Waals surface area (Å²) in [6, 6.07) is 6.21. The molecule has 190 valence electrons. The van der Waals surface area contributed by atoms with Crippen molar-refractivity contribution in [1.29, 1.82) is 0 Å². The van der Waals surface area contributed by atoms with Crippen LogP contribution < -0.4 is 10.3 Å². The van der Waals surface area contributed by atoms with Crippen molar-refractivity contribution in [2.24, 2.45) is 0 Å². The minimum Gasteiger partial charge on any atom is -0.506 e.